The number of ether oxygens (including phenoxy) is 1. The summed E-state index contributed by atoms with van der Waals surface area (Å²) < 4.78 is 6.37. The fourth-order valence-electron chi connectivity index (χ4n) is 6.56. The van der Waals surface area contributed by atoms with E-state index >= 15 is 0 Å². The van der Waals surface area contributed by atoms with Crippen LogP contribution < -0.4 is 14.5 Å². The molecule has 4 heterocycles. The zero-order chi connectivity index (χ0) is 27.6. The number of anilines is 2. The Kier molecular flexibility index (Phi) is 7.61. The number of fused-ring (bicyclic) bond motifs is 2. The van der Waals surface area contributed by atoms with Crippen LogP contribution in [0, 0.1) is 0 Å². The summed E-state index contributed by atoms with van der Waals surface area (Å²) >= 11 is 0. The predicted molar refractivity (Wildman–Crippen MR) is 160 cm³/mol. The van der Waals surface area contributed by atoms with Gasteiger partial charge >= 0.3 is 6.01 Å². The molecule has 2 saturated heterocycles. The quantitative estimate of drug-likeness (QED) is 0.415. The van der Waals surface area contributed by atoms with E-state index in [4.69, 9.17) is 14.7 Å². The Balaban J connectivity index is 1.29. The van der Waals surface area contributed by atoms with E-state index in [0.29, 0.717) is 44.3 Å². The van der Waals surface area contributed by atoms with Crippen molar-refractivity contribution in [3.63, 3.8) is 0 Å². The number of likely N-dealkylation sites (tertiary alicyclic amines) is 1. The summed E-state index contributed by atoms with van der Waals surface area (Å²) in [5, 5.41) is 2.51. The fourth-order valence-corrected chi connectivity index (χ4v) is 6.56. The van der Waals surface area contributed by atoms with Gasteiger partial charge in [-0.3, -0.25) is 9.69 Å². The number of aromatic nitrogens is 2. The van der Waals surface area contributed by atoms with Crippen molar-refractivity contribution in [3.8, 4) is 6.01 Å². The Labute approximate surface area is 237 Å². The van der Waals surface area contributed by atoms with Crippen molar-refractivity contribution in [2.75, 3.05) is 55.7 Å². The molecular formula is C32H40N6O2. The van der Waals surface area contributed by atoms with E-state index in [0.717, 1.165) is 50.5 Å². The highest BCUT2D eigenvalue weighted by molar-refractivity contribution is 5.94. The molecule has 1 aromatic heterocycles. The maximum absolute atomic E-state index is 12.2. The zero-order valence-corrected chi connectivity index (χ0v) is 23.8. The van der Waals surface area contributed by atoms with Crippen molar-refractivity contribution in [1.29, 1.82) is 0 Å². The summed E-state index contributed by atoms with van der Waals surface area (Å²) in [5.41, 5.74) is 3.48. The van der Waals surface area contributed by atoms with E-state index in [1.807, 2.05) is 4.90 Å². The molecule has 0 N–H and O–H groups in total. The molecule has 0 spiro atoms. The Morgan fingerprint density at radius 3 is 2.62 bits per heavy atom. The lowest BCUT2D eigenvalue weighted by Crippen LogP contribution is -2.49. The first-order valence-electron chi connectivity index (χ1n) is 14.7. The molecule has 3 aromatic rings. The number of carbonyl (C=O) groups is 1. The maximum atomic E-state index is 12.2. The molecule has 2 fully saturated rings. The molecule has 8 nitrogen and oxygen atoms in total. The number of rotatable bonds is 7. The molecule has 0 bridgehead atoms. The average molecular weight is 541 g/mol. The minimum atomic E-state index is -0.00890. The van der Waals surface area contributed by atoms with Gasteiger partial charge in [0.05, 0.1) is 12.2 Å². The second-order valence-electron chi connectivity index (χ2n) is 11.4. The van der Waals surface area contributed by atoms with Crippen molar-refractivity contribution >= 4 is 28.2 Å². The molecule has 210 valence electrons. The van der Waals surface area contributed by atoms with E-state index in [1.165, 1.54) is 34.5 Å². The summed E-state index contributed by atoms with van der Waals surface area (Å²) in [5.74, 6) is 0.959. The molecule has 8 heteroatoms. The van der Waals surface area contributed by atoms with E-state index in [-0.39, 0.29) is 5.91 Å². The van der Waals surface area contributed by atoms with Crippen molar-refractivity contribution in [3.05, 3.63) is 66.4 Å². The molecule has 6 rings (SSSR count). The van der Waals surface area contributed by atoms with Gasteiger partial charge in [0.15, 0.2) is 0 Å². The number of hydrogen-bond donors (Lipinski definition) is 0. The molecule has 0 radical (unpaired) electrons. The summed E-state index contributed by atoms with van der Waals surface area (Å²) in [7, 11) is 0. The number of carbonyl (C=O) groups excluding carboxylic acids is 1. The Morgan fingerprint density at radius 1 is 1.02 bits per heavy atom. The normalized spacial score (nSPS) is 19.8. The van der Waals surface area contributed by atoms with E-state index in [1.54, 1.807) is 0 Å². The molecule has 3 aliphatic heterocycles. The maximum Gasteiger partial charge on any atom is 0.318 e. The molecule has 0 unspecified atom stereocenters. The van der Waals surface area contributed by atoms with Crippen LogP contribution in [0.15, 0.2) is 55.1 Å². The van der Waals surface area contributed by atoms with Gasteiger partial charge in [-0.25, -0.2) is 0 Å². The molecule has 2 aromatic carbocycles. The zero-order valence-electron chi connectivity index (χ0n) is 23.8. The van der Waals surface area contributed by atoms with Gasteiger partial charge in [0.25, 0.3) is 0 Å². The SMILES string of the molecule is C=CC(=O)N1CCN(c2nc(OC[C@@H]3CCCN3C(C)C)nc3c2CCN(c2cccc4ccccc24)C3)CC1. The highest BCUT2D eigenvalue weighted by Crippen LogP contribution is 2.34. The Hall–Kier alpha value is -3.65. The van der Waals surface area contributed by atoms with E-state index in [9.17, 15) is 4.79 Å². The number of hydrogen-bond acceptors (Lipinski definition) is 7. The number of piperazine rings is 1. The largest absolute Gasteiger partial charge is 0.462 e. The number of amides is 1. The van der Waals surface area contributed by atoms with Crippen LogP contribution in [0.4, 0.5) is 11.5 Å². The first kappa shape index (κ1) is 26.6. The second-order valence-corrected chi connectivity index (χ2v) is 11.4. The van der Waals surface area contributed by atoms with Crippen LogP contribution in [0.3, 0.4) is 0 Å². The van der Waals surface area contributed by atoms with Crippen LogP contribution >= 0.6 is 0 Å². The summed E-state index contributed by atoms with van der Waals surface area (Å²) in [6.07, 6.45) is 4.61. The first-order valence-corrected chi connectivity index (χ1v) is 14.7. The number of nitrogens with zero attached hydrogens (tertiary/aromatic N) is 6. The third-order valence-corrected chi connectivity index (χ3v) is 8.69. The van der Waals surface area contributed by atoms with Crippen LogP contribution in [-0.2, 0) is 17.8 Å². The number of benzene rings is 2. The van der Waals surface area contributed by atoms with Crippen LogP contribution in [0.1, 0.15) is 37.9 Å². The lowest BCUT2D eigenvalue weighted by molar-refractivity contribution is -0.126. The highest BCUT2D eigenvalue weighted by Gasteiger charge is 2.30. The standard InChI is InChI=1S/C32H40N6O2/c1-4-30(39)35-17-19-36(20-18-35)31-27-14-16-37(29-13-7-10-24-9-5-6-12-26(24)29)21-28(27)33-32(34-31)40-22-25-11-8-15-38(25)23(2)3/h4-7,9-10,12-13,23,25H,1,8,11,14-22H2,2-3H3/t25-/m0/s1. The third kappa shape index (κ3) is 5.24. The molecule has 1 atom stereocenters. The molecule has 40 heavy (non-hydrogen) atoms. The van der Waals surface area contributed by atoms with E-state index in [2.05, 4.69) is 77.6 Å². The second kappa shape index (κ2) is 11.5. The fraction of sp³-hybridized carbons (Fsp3) is 0.469. The van der Waals surface area contributed by atoms with Crippen LogP contribution in [0.5, 0.6) is 6.01 Å². The summed E-state index contributed by atoms with van der Waals surface area (Å²) in [6, 6.07) is 16.4. The molecular weight excluding hydrogens is 500 g/mol. The van der Waals surface area contributed by atoms with Crippen molar-refractivity contribution in [1.82, 2.24) is 19.8 Å². The topological polar surface area (TPSA) is 65.0 Å². The van der Waals surface area contributed by atoms with Gasteiger partial charge in [0.2, 0.25) is 5.91 Å². The highest BCUT2D eigenvalue weighted by atomic mass is 16.5. The smallest absolute Gasteiger partial charge is 0.318 e. The molecule has 1 amide bonds. The van der Waals surface area contributed by atoms with Gasteiger partial charge in [0.1, 0.15) is 12.4 Å². The first-order chi connectivity index (χ1) is 19.5. The van der Waals surface area contributed by atoms with Crippen molar-refractivity contribution in [2.24, 2.45) is 0 Å². The molecule has 3 aliphatic rings. The van der Waals surface area contributed by atoms with Crippen LogP contribution in [0.25, 0.3) is 10.8 Å². The predicted octanol–water partition coefficient (Wildman–Crippen LogP) is 4.28. The van der Waals surface area contributed by atoms with Gasteiger partial charge < -0.3 is 19.4 Å². The van der Waals surface area contributed by atoms with Gasteiger partial charge in [-0.05, 0) is 57.2 Å². The summed E-state index contributed by atoms with van der Waals surface area (Å²) in [4.78, 5) is 31.3. The van der Waals surface area contributed by atoms with Crippen molar-refractivity contribution in [2.45, 2.75) is 51.7 Å². The summed E-state index contributed by atoms with van der Waals surface area (Å²) in [6.45, 7) is 14.3. The minimum Gasteiger partial charge on any atom is -0.462 e. The van der Waals surface area contributed by atoms with E-state index < -0.39 is 0 Å². The van der Waals surface area contributed by atoms with Gasteiger partial charge in [-0.1, -0.05) is 43.0 Å². The molecule has 0 saturated carbocycles. The lowest BCUT2D eigenvalue weighted by Gasteiger charge is -2.38. The van der Waals surface area contributed by atoms with Crippen molar-refractivity contribution < 1.29 is 9.53 Å². The average Bonchev–Trinajstić information content (AvgIpc) is 3.48. The Bertz CT molecular complexity index is 1380. The van der Waals surface area contributed by atoms with Crippen LogP contribution in [-0.4, -0.2) is 83.6 Å². The molecule has 0 aliphatic carbocycles. The Morgan fingerprint density at radius 2 is 1.82 bits per heavy atom. The third-order valence-electron chi connectivity index (χ3n) is 8.69. The van der Waals surface area contributed by atoms with Gasteiger partial charge in [0, 0.05) is 61.4 Å². The monoisotopic (exact) mass is 540 g/mol. The van der Waals surface area contributed by atoms with Gasteiger partial charge in [-0.2, -0.15) is 9.97 Å². The minimum absolute atomic E-state index is 0.00890. The van der Waals surface area contributed by atoms with Gasteiger partial charge in [-0.15, -0.1) is 0 Å². The lowest BCUT2D eigenvalue weighted by atomic mass is 10.0. The van der Waals surface area contributed by atoms with Crippen LogP contribution in [0.2, 0.25) is 0 Å².